The third-order valence-corrected chi connectivity index (χ3v) is 1.88. The Labute approximate surface area is 72.6 Å². The van der Waals surface area contributed by atoms with E-state index in [1.807, 2.05) is 6.92 Å². The summed E-state index contributed by atoms with van der Waals surface area (Å²) in [6, 6.07) is 1.76. The average Bonchev–Trinajstić information content (AvgIpc) is 2.03. The first-order chi connectivity index (χ1) is 5.69. The molecule has 0 aliphatic carbocycles. The number of hydrogen-bond acceptors (Lipinski definition) is 3. The van der Waals surface area contributed by atoms with Gasteiger partial charge in [-0.05, 0) is 13.3 Å². The highest BCUT2D eigenvalue weighted by Crippen LogP contribution is 2.23. The summed E-state index contributed by atoms with van der Waals surface area (Å²) in [5, 5.41) is 0. The number of aromatic nitrogens is 1. The molecule has 1 heterocycles. The highest BCUT2D eigenvalue weighted by Gasteiger charge is 2.06. The highest BCUT2D eigenvalue weighted by molar-refractivity contribution is 5.45. The number of ether oxygens (including phenoxy) is 1. The van der Waals surface area contributed by atoms with Crippen LogP contribution in [0.1, 0.15) is 18.2 Å². The van der Waals surface area contributed by atoms with Crippen LogP contribution in [0.5, 0.6) is 5.75 Å². The van der Waals surface area contributed by atoms with Crippen molar-refractivity contribution < 1.29 is 4.74 Å². The van der Waals surface area contributed by atoms with Crippen LogP contribution in [-0.2, 0) is 6.42 Å². The molecule has 0 saturated heterocycles. The molecular formula is C9H14N2O. The monoisotopic (exact) mass is 166 g/mol. The lowest BCUT2D eigenvalue weighted by Crippen LogP contribution is -2.00. The Bertz CT molecular complexity index is 284. The predicted molar refractivity (Wildman–Crippen MR) is 49.3 cm³/mol. The van der Waals surface area contributed by atoms with Gasteiger partial charge in [-0.25, -0.2) is 4.98 Å². The Balaban J connectivity index is 3.24. The molecule has 0 bridgehead atoms. The van der Waals surface area contributed by atoms with Crippen molar-refractivity contribution in [2.24, 2.45) is 0 Å². The fourth-order valence-corrected chi connectivity index (χ4v) is 1.31. The first-order valence-corrected chi connectivity index (χ1v) is 3.99. The van der Waals surface area contributed by atoms with E-state index in [1.165, 1.54) is 0 Å². The Hall–Kier alpha value is -1.25. The lowest BCUT2D eigenvalue weighted by atomic mass is 10.1. The van der Waals surface area contributed by atoms with E-state index in [2.05, 4.69) is 11.9 Å². The largest absolute Gasteiger partial charge is 0.496 e. The number of methoxy groups -OCH3 is 1. The van der Waals surface area contributed by atoms with Gasteiger partial charge < -0.3 is 10.5 Å². The molecule has 0 aromatic carbocycles. The molecule has 0 atom stereocenters. The van der Waals surface area contributed by atoms with Gasteiger partial charge in [-0.3, -0.25) is 0 Å². The number of nitrogens with zero attached hydrogens (tertiary/aromatic N) is 1. The topological polar surface area (TPSA) is 48.1 Å². The van der Waals surface area contributed by atoms with E-state index in [0.717, 1.165) is 23.4 Å². The number of nitrogens with two attached hydrogens (primary N) is 1. The van der Waals surface area contributed by atoms with E-state index in [1.54, 1.807) is 13.2 Å². The van der Waals surface area contributed by atoms with Gasteiger partial charge in [0.15, 0.2) is 0 Å². The van der Waals surface area contributed by atoms with Crippen LogP contribution in [0.25, 0.3) is 0 Å². The van der Waals surface area contributed by atoms with Crippen molar-refractivity contribution in [2.75, 3.05) is 12.8 Å². The minimum atomic E-state index is 0.515. The molecule has 12 heavy (non-hydrogen) atoms. The molecule has 0 radical (unpaired) electrons. The third kappa shape index (κ3) is 1.49. The number of aryl methyl sites for hydroxylation is 1. The molecule has 1 rings (SSSR count). The summed E-state index contributed by atoms with van der Waals surface area (Å²) < 4.78 is 5.18. The summed E-state index contributed by atoms with van der Waals surface area (Å²) in [5.41, 5.74) is 7.65. The second-order valence-electron chi connectivity index (χ2n) is 2.67. The van der Waals surface area contributed by atoms with Gasteiger partial charge in [-0.2, -0.15) is 0 Å². The third-order valence-electron chi connectivity index (χ3n) is 1.88. The minimum absolute atomic E-state index is 0.515. The molecule has 66 valence electrons. The van der Waals surface area contributed by atoms with E-state index in [-0.39, 0.29) is 0 Å². The van der Waals surface area contributed by atoms with Crippen molar-refractivity contribution in [3.8, 4) is 5.75 Å². The van der Waals surface area contributed by atoms with E-state index < -0.39 is 0 Å². The lowest BCUT2D eigenvalue weighted by Gasteiger charge is -2.09. The molecule has 0 fully saturated rings. The van der Waals surface area contributed by atoms with Crippen molar-refractivity contribution >= 4 is 5.82 Å². The Morgan fingerprint density at radius 3 is 2.75 bits per heavy atom. The Kier molecular flexibility index (Phi) is 2.53. The van der Waals surface area contributed by atoms with Gasteiger partial charge in [-0.15, -0.1) is 0 Å². The Morgan fingerprint density at radius 2 is 2.25 bits per heavy atom. The van der Waals surface area contributed by atoms with Crippen LogP contribution in [0.3, 0.4) is 0 Å². The van der Waals surface area contributed by atoms with Gasteiger partial charge in [0.05, 0.1) is 7.11 Å². The molecule has 0 aliphatic heterocycles. The molecule has 0 aliphatic rings. The maximum absolute atomic E-state index is 5.57. The number of anilines is 1. The van der Waals surface area contributed by atoms with Crippen LogP contribution in [0.15, 0.2) is 6.07 Å². The van der Waals surface area contributed by atoms with Gasteiger partial charge >= 0.3 is 0 Å². The Morgan fingerprint density at radius 1 is 1.58 bits per heavy atom. The normalized spacial score (nSPS) is 9.92. The fraction of sp³-hybridized carbons (Fsp3) is 0.444. The highest BCUT2D eigenvalue weighted by atomic mass is 16.5. The number of nitrogen functional groups attached to an aromatic ring is 1. The summed E-state index contributed by atoms with van der Waals surface area (Å²) in [5.74, 6) is 1.35. The zero-order valence-corrected chi connectivity index (χ0v) is 7.72. The molecular weight excluding hydrogens is 152 g/mol. The molecule has 1 aromatic heterocycles. The van der Waals surface area contributed by atoms with Crippen molar-refractivity contribution in [1.29, 1.82) is 0 Å². The smallest absolute Gasteiger partial charge is 0.127 e. The van der Waals surface area contributed by atoms with E-state index in [4.69, 9.17) is 10.5 Å². The molecule has 0 amide bonds. The van der Waals surface area contributed by atoms with Gasteiger partial charge in [-0.1, -0.05) is 6.92 Å². The van der Waals surface area contributed by atoms with Crippen LogP contribution in [-0.4, -0.2) is 12.1 Å². The lowest BCUT2D eigenvalue weighted by molar-refractivity contribution is 0.409. The standard InChI is InChI=1S/C9H14N2O/c1-4-7-6(2)11-9(10)5-8(7)12-3/h5H,4H2,1-3H3,(H2,10,11). The summed E-state index contributed by atoms with van der Waals surface area (Å²) in [6.45, 7) is 4.01. The molecule has 2 N–H and O–H groups in total. The summed E-state index contributed by atoms with van der Waals surface area (Å²) in [7, 11) is 1.65. The number of rotatable bonds is 2. The molecule has 1 aromatic rings. The van der Waals surface area contributed by atoms with Crippen molar-refractivity contribution in [2.45, 2.75) is 20.3 Å². The zero-order chi connectivity index (χ0) is 9.14. The fourth-order valence-electron chi connectivity index (χ4n) is 1.31. The van der Waals surface area contributed by atoms with Gasteiger partial charge in [0, 0.05) is 17.3 Å². The van der Waals surface area contributed by atoms with Gasteiger partial charge in [0.2, 0.25) is 0 Å². The molecule has 0 saturated carbocycles. The van der Waals surface area contributed by atoms with Crippen LogP contribution in [0, 0.1) is 6.92 Å². The van der Waals surface area contributed by atoms with Crippen LogP contribution >= 0.6 is 0 Å². The number of hydrogen-bond donors (Lipinski definition) is 1. The summed E-state index contributed by atoms with van der Waals surface area (Å²) in [6.07, 6.45) is 0.919. The van der Waals surface area contributed by atoms with E-state index in [9.17, 15) is 0 Å². The van der Waals surface area contributed by atoms with Crippen LogP contribution < -0.4 is 10.5 Å². The molecule has 3 heteroatoms. The van der Waals surface area contributed by atoms with E-state index in [0.29, 0.717) is 5.82 Å². The van der Waals surface area contributed by atoms with E-state index >= 15 is 0 Å². The second-order valence-corrected chi connectivity index (χ2v) is 2.67. The van der Waals surface area contributed by atoms with Crippen LogP contribution in [0.2, 0.25) is 0 Å². The van der Waals surface area contributed by atoms with Crippen LogP contribution in [0.4, 0.5) is 5.82 Å². The summed E-state index contributed by atoms with van der Waals surface area (Å²) >= 11 is 0. The van der Waals surface area contributed by atoms with Crippen molar-refractivity contribution in [1.82, 2.24) is 4.98 Å². The first-order valence-electron chi connectivity index (χ1n) is 3.99. The first kappa shape index (κ1) is 8.84. The van der Waals surface area contributed by atoms with Gasteiger partial charge in [0.1, 0.15) is 11.6 Å². The summed E-state index contributed by atoms with van der Waals surface area (Å²) in [4.78, 5) is 4.15. The number of pyridine rings is 1. The van der Waals surface area contributed by atoms with Crippen molar-refractivity contribution in [3.05, 3.63) is 17.3 Å². The minimum Gasteiger partial charge on any atom is -0.496 e. The SMILES string of the molecule is CCc1c(OC)cc(N)nc1C. The maximum Gasteiger partial charge on any atom is 0.127 e. The molecule has 0 spiro atoms. The zero-order valence-electron chi connectivity index (χ0n) is 7.72. The molecule has 0 unspecified atom stereocenters. The van der Waals surface area contributed by atoms with Gasteiger partial charge in [0.25, 0.3) is 0 Å². The second kappa shape index (κ2) is 3.43. The molecule has 3 nitrogen and oxygen atoms in total. The van der Waals surface area contributed by atoms with Crippen molar-refractivity contribution in [3.63, 3.8) is 0 Å². The predicted octanol–water partition coefficient (Wildman–Crippen LogP) is 1.54. The average molecular weight is 166 g/mol. The quantitative estimate of drug-likeness (QED) is 0.725. The maximum atomic E-state index is 5.57.